The van der Waals surface area contributed by atoms with Gasteiger partial charge in [0.1, 0.15) is 5.60 Å². The second kappa shape index (κ2) is 10.1. The molecule has 0 radical (unpaired) electrons. The van der Waals surface area contributed by atoms with Crippen LogP contribution < -0.4 is 11.2 Å². The van der Waals surface area contributed by atoms with Crippen molar-refractivity contribution in [3.05, 3.63) is 140 Å². The first-order valence-corrected chi connectivity index (χ1v) is 12.3. The molecule has 0 aliphatic heterocycles. The summed E-state index contributed by atoms with van der Waals surface area (Å²) in [5, 5.41) is 10.9. The van der Waals surface area contributed by atoms with Crippen LogP contribution in [-0.2, 0) is 10.3 Å². The molecule has 1 heterocycles. The van der Waals surface area contributed by atoms with Crippen molar-refractivity contribution in [1.29, 1.82) is 0 Å². The van der Waals surface area contributed by atoms with Gasteiger partial charge >= 0.3 is 5.69 Å². The van der Waals surface area contributed by atoms with E-state index in [4.69, 9.17) is 4.74 Å². The Morgan fingerprint density at radius 3 is 1.86 bits per heavy atom. The molecule has 1 aliphatic rings. The SMILES string of the molecule is Cc1cn([C@@H]2C[C@H](COC(c3ccccc3)(c3ccccc3)c3ccccc3)C[C@@H]2O)c(=O)[nH]c1=O. The molecule has 0 unspecified atom stereocenters. The average Bonchev–Trinajstić information content (AvgIpc) is 3.28. The van der Waals surface area contributed by atoms with Gasteiger partial charge in [-0.1, -0.05) is 91.0 Å². The Balaban J connectivity index is 1.49. The monoisotopic (exact) mass is 482 g/mol. The smallest absolute Gasteiger partial charge is 0.328 e. The maximum absolute atomic E-state index is 12.5. The van der Waals surface area contributed by atoms with Gasteiger partial charge in [-0.05, 0) is 42.4 Å². The van der Waals surface area contributed by atoms with Crippen molar-refractivity contribution in [3.8, 4) is 0 Å². The van der Waals surface area contributed by atoms with Gasteiger partial charge in [-0.2, -0.15) is 0 Å². The minimum absolute atomic E-state index is 0.0274. The summed E-state index contributed by atoms with van der Waals surface area (Å²) in [6.07, 6.45) is 1.91. The number of nitrogens with one attached hydrogen (secondary N) is 1. The van der Waals surface area contributed by atoms with E-state index < -0.39 is 29.0 Å². The number of ether oxygens (including phenoxy) is 1. The third-order valence-electron chi connectivity index (χ3n) is 7.17. The maximum Gasteiger partial charge on any atom is 0.328 e. The molecule has 4 aromatic rings. The number of hydrogen-bond acceptors (Lipinski definition) is 4. The highest BCUT2D eigenvalue weighted by atomic mass is 16.5. The minimum atomic E-state index is -0.835. The molecule has 36 heavy (non-hydrogen) atoms. The lowest BCUT2D eigenvalue weighted by Crippen LogP contribution is -2.35. The van der Waals surface area contributed by atoms with E-state index in [0.717, 1.165) is 16.7 Å². The van der Waals surface area contributed by atoms with Crippen molar-refractivity contribution in [2.75, 3.05) is 6.61 Å². The maximum atomic E-state index is 12.5. The highest BCUT2D eigenvalue weighted by Crippen LogP contribution is 2.42. The number of aryl methyl sites for hydroxylation is 1. The van der Waals surface area contributed by atoms with Crippen molar-refractivity contribution < 1.29 is 9.84 Å². The van der Waals surface area contributed by atoms with Gasteiger partial charge in [0.05, 0.1) is 18.8 Å². The number of rotatable bonds is 7. The molecule has 6 heteroatoms. The molecule has 1 fully saturated rings. The lowest BCUT2D eigenvalue weighted by atomic mass is 9.80. The van der Waals surface area contributed by atoms with E-state index >= 15 is 0 Å². The summed E-state index contributed by atoms with van der Waals surface area (Å²) < 4.78 is 8.38. The van der Waals surface area contributed by atoms with Gasteiger partial charge < -0.3 is 9.84 Å². The van der Waals surface area contributed by atoms with Gasteiger partial charge in [-0.3, -0.25) is 14.3 Å². The van der Waals surface area contributed by atoms with Crippen LogP contribution in [0.1, 0.15) is 41.1 Å². The summed E-state index contributed by atoms with van der Waals surface area (Å²) in [5.41, 5.74) is 1.76. The Kier molecular flexibility index (Phi) is 6.72. The molecule has 1 saturated carbocycles. The summed E-state index contributed by atoms with van der Waals surface area (Å²) in [6.45, 7) is 2.05. The molecule has 0 amide bonds. The molecule has 1 aromatic heterocycles. The van der Waals surface area contributed by atoms with Gasteiger partial charge in [0.15, 0.2) is 0 Å². The fourth-order valence-corrected chi connectivity index (χ4v) is 5.37. The highest BCUT2D eigenvalue weighted by Gasteiger charge is 2.41. The number of hydrogen-bond donors (Lipinski definition) is 2. The summed E-state index contributed by atoms with van der Waals surface area (Å²) >= 11 is 0. The molecule has 3 aromatic carbocycles. The van der Waals surface area contributed by atoms with Crippen LogP contribution in [0.3, 0.4) is 0 Å². The molecule has 184 valence electrons. The first kappa shape index (κ1) is 24.0. The molecular formula is C30H30N2O4. The second-order valence-electron chi connectivity index (χ2n) is 9.54. The van der Waals surface area contributed by atoms with Gasteiger partial charge in [-0.25, -0.2) is 4.79 Å². The third-order valence-corrected chi connectivity index (χ3v) is 7.17. The Morgan fingerprint density at radius 2 is 1.36 bits per heavy atom. The lowest BCUT2D eigenvalue weighted by Gasteiger charge is -2.37. The quantitative estimate of drug-likeness (QED) is 0.388. The van der Waals surface area contributed by atoms with Crippen molar-refractivity contribution in [2.24, 2.45) is 5.92 Å². The van der Waals surface area contributed by atoms with Crippen LogP contribution in [-0.4, -0.2) is 27.4 Å². The van der Waals surface area contributed by atoms with Crippen molar-refractivity contribution in [2.45, 2.75) is 37.5 Å². The van der Waals surface area contributed by atoms with Gasteiger partial charge in [0, 0.05) is 11.8 Å². The molecule has 0 spiro atoms. The summed E-state index contributed by atoms with van der Waals surface area (Å²) in [4.78, 5) is 26.6. The van der Waals surface area contributed by atoms with Crippen molar-refractivity contribution >= 4 is 0 Å². The molecule has 2 N–H and O–H groups in total. The fourth-order valence-electron chi connectivity index (χ4n) is 5.37. The van der Waals surface area contributed by atoms with Gasteiger partial charge in [-0.15, -0.1) is 0 Å². The minimum Gasteiger partial charge on any atom is -0.391 e. The Hall–Kier alpha value is -3.74. The second-order valence-corrected chi connectivity index (χ2v) is 9.54. The number of nitrogens with zero attached hydrogens (tertiary/aromatic N) is 1. The number of benzene rings is 3. The summed E-state index contributed by atoms with van der Waals surface area (Å²) in [7, 11) is 0. The molecule has 0 saturated heterocycles. The van der Waals surface area contributed by atoms with Gasteiger partial charge in [0.2, 0.25) is 0 Å². The Morgan fingerprint density at radius 1 is 0.861 bits per heavy atom. The van der Waals surface area contributed by atoms with Crippen LogP contribution in [0.15, 0.2) is 107 Å². The molecule has 1 aliphatic carbocycles. The predicted molar refractivity (Wildman–Crippen MR) is 139 cm³/mol. The molecule has 0 bridgehead atoms. The van der Waals surface area contributed by atoms with Crippen LogP contribution in [0.4, 0.5) is 0 Å². The van der Waals surface area contributed by atoms with E-state index in [2.05, 4.69) is 41.4 Å². The topological polar surface area (TPSA) is 84.3 Å². The number of aromatic amines is 1. The van der Waals surface area contributed by atoms with Crippen molar-refractivity contribution in [3.63, 3.8) is 0 Å². The van der Waals surface area contributed by atoms with Crippen LogP contribution in [0.2, 0.25) is 0 Å². The number of aliphatic hydroxyl groups excluding tert-OH is 1. The predicted octanol–water partition coefficient (Wildman–Crippen LogP) is 4.17. The van der Waals surface area contributed by atoms with Crippen molar-refractivity contribution in [1.82, 2.24) is 9.55 Å². The van der Waals surface area contributed by atoms with Crippen LogP contribution in [0.5, 0.6) is 0 Å². The van der Waals surface area contributed by atoms with E-state index in [9.17, 15) is 14.7 Å². The van der Waals surface area contributed by atoms with E-state index in [1.807, 2.05) is 54.6 Å². The standard InChI is InChI=1S/C30H30N2O4/c1-21-19-32(29(35)31-28(21)34)26-17-22(18-27(26)33)20-36-30(23-11-5-2-6-12-23,24-13-7-3-8-14-24)25-15-9-4-10-16-25/h2-16,19,22,26-27,33H,17-18,20H2,1H3,(H,31,34,35)/t22-,26+,27-/m0/s1. The van der Waals surface area contributed by atoms with Crippen LogP contribution in [0, 0.1) is 12.8 Å². The first-order chi connectivity index (χ1) is 17.5. The Bertz CT molecular complexity index is 1320. The van der Waals surface area contributed by atoms with E-state index in [0.29, 0.717) is 25.0 Å². The van der Waals surface area contributed by atoms with Crippen LogP contribution in [0.25, 0.3) is 0 Å². The highest BCUT2D eigenvalue weighted by molar-refractivity contribution is 5.47. The molecule has 6 nitrogen and oxygen atoms in total. The molecular weight excluding hydrogens is 452 g/mol. The normalized spacial score (nSPS) is 19.9. The number of aromatic nitrogens is 2. The zero-order valence-electron chi connectivity index (χ0n) is 20.2. The number of aliphatic hydroxyl groups is 1. The fraction of sp³-hybridized carbons (Fsp3) is 0.267. The number of H-pyrrole nitrogens is 1. The van der Waals surface area contributed by atoms with E-state index in [1.165, 1.54) is 4.57 Å². The van der Waals surface area contributed by atoms with E-state index in [-0.39, 0.29) is 5.92 Å². The van der Waals surface area contributed by atoms with Gasteiger partial charge in [0.25, 0.3) is 5.56 Å². The van der Waals surface area contributed by atoms with E-state index in [1.54, 1.807) is 13.1 Å². The summed E-state index contributed by atoms with van der Waals surface area (Å²) in [6, 6.07) is 30.1. The largest absolute Gasteiger partial charge is 0.391 e. The Labute approximate surface area is 209 Å². The zero-order valence-corrected chi connectivity index (χ0v) is 20.2. The zero-order chi connectivity index (χ0) is 25.1. The third kappa shape index (κ3) is 4.45. The summed E-state index contributed by atoms with van der Waals surface area (Å²) in [5.74, 6) is 0.0274. The first-order valence-electron chi connectivity index (χ1n) is 12.3. The average molecular weight is 483 g/mol. The lowest BCUT2D eigenvalue weighted by molar-refractivity contribution is -0.00917. The molecule has 5 rings (SSSR count). The van der Waals surface area contributed by atoms with Crippen LogP contribution >= 0.6 is 0 Å². The molecule has 3 atom stereocenters.